The van der Waals surface area contributed by atoms with E-state index < -0.39 is 28.8 Å². The first-order valence-corrected chi connectivity index (χ1v) is 12.9. The van der Waals surface area contributed by atoms with Crippen LogP contribution in [0.1, 0.15) is 42.3 Å². The second-order valence-electron chi connectivity index (χ2n) is 11.3. The molecule has 3 aromatic rings. The molecular formula is C32H30N2O4. The van der Waals surface area contributed by atoms with Crippen LogP contribution in [0.3, 0.4) is 0 Å². The van der Waals surface area contributed by atoms with Crippen LogP contribution >= 0.6 is 0 Å². The summed E-state index contributed by atoms with van der Waals surface area (Å²) in [6.45, 7) is 5.62. The molecule has 3 aliphatic heterocycles. The molecular weight excluding hydrogens is 476 g/mol. The molecule has 1 spiro atoms. The van der Waals surface area contributed by atoms with Crippen molar-refractivity contribution in [1.82, 2.24) is 0 Å². The molecule has 3 aromatic carbocycles. The van der Waals surface area contributed by atoms with Crippen LogP contribution in [-0.4, -0.2) is 36.7 Å². The second-order valence-corrected chi connectivity index (χ2v) is 11.3. The summed E-state index contributed by atoms with van der Waals surface area (Å²) in [5.41, 5.74) is 1.56. The molecule has 6 rings (SSSR count). The highest BCUT2D eigenvalue weighted by Gasteiger charge is 2.70. The molecule has 1 amide bonds. The number of rotatable bonds is 4. The van der Waals surface area contributed by atoms with E-state index in [9.17, 15) is 14.4 Å². The quantitative estimate of drug-likeness (QED) is 0.487. The third kappa shape index (κ3) is 3.22. The van der Waals surface area contributed by atoms with Crippen LogP contribution in [0.25, 0.3) is 6.08 Å². The fourth-order valence-corrected chi connectivity index (χ4v) is 6.51. The van der Waals surface area contributed by atoms with Crippen LogP contribution < -0.4 is 15.0 Å². The summed E-state index contributed by atoms with van der Waals surface area (Å²) in [7, 11) is 1.61. The molecule has 1 N–H and O–H groups in total. The number of nitrogens with zero attached hydrogens (tertiary/aromatic N) is 1. The number of Topliss-reactive ketones (excluding diaryl/α,β-unsaturated/α-hetero) is 2. The highest BCUT2D eigenvalue weighted by molar-refractivity contribution is 6.17. The number of carbonyl (C=O) groups excluding carboxylic acids is 3. The Morgan fingerprint density at radius 3 is 2.39 bits per heavy atom. The van der Waals surface area contributed by atoms with Gasteiger partial charge in [-0.15, -0.1) is 0 Å². The lowest BCUT2D eigenvalue weighted by Crippen LogP contribution is -2.51. The van der Waals surface area contributed by atoms with E-state index >= 15 is 0 Å². The van der Waals surface area contributed by atoms with Gasteiger partial charge in [0.05, 0.1) is 19.1 Å². The number of amides is 1. The molecule has 0 bridgehead atoms. The number of anilines is 2. The molecule has 6 nitrogen and oxygen atoms in total. The Morgan fingerprint density at radius 2 is 1.68 bits per heavy atom. The zero-order valence-corrected chi connectivity index (χ0v) is 21.9. The molecule has 3 heterocycles. The molecule has 0 aromatic heterocycles. The average molecular weight is 507 g/mol. The van der Waals surface area contributed by atoms with Crippen LogP contribution in [0.2, 0.25) is 0 Å². The van der Waals surface area contributed by atoms with Crippen molar-refractivity contribution >= 4 is 34.9 Å². The average Bonchev–Trinajstić information content (AvgIpc) is 3.40. The summed E-state index contributed by atoms with van der Waals surface area (Å²) >= 11 is 0. The SMILES string of the molecule is COc1ccc2c(c1)C=C[C@H]1N2[C@@H](C(=O)C(C)(C)C)[C@H](C(=O)c2ccccc2)[C@@]12C(=O)Nc1ccccc12. The van der Waals surface area contributed by atoms with Gasteiger partial charge in [0.1, 0.15) is 17.2 Å². The van der Waals surface area contributed by atoms with E-state index in [-0.39, 0.29) is 17.5 Å². The first kappa shape index (κ1) is 24.2. The maximum atomic E-state index is 14.6. The van der Waals surface area contributed by atoms with Gasteiger partial charge in [0.25, 0.3) is 0 Å². The molecule has 192 valence electrons. The lowest BCUT2D eigenvalue weighted by Gasteiger charge is -2.38. The second kappa shape index (κ2) is 8.42. The van der Waals surface area contributed by atoms with Crippen molar-refractivity contribution in [3.8, 4) is 5.75 Å². The number of ketones is 2. The molecule has 1 saturated heterocycles. The van der Waals surface area contributed by atoms with Gasteiger partial charge in [0.2, 0.25) is 5.91 Å². The van der Waals surface area contributed by atoms with Gasteiger partial charge in [0.15, 0.2) is 11.6 Å². The van der Waals surface area contributed by atoms with Crippen LogP contribution in [0, 0.1) is 11.3 Å². The van der Waals surface area contributed by atoms with E-state index in [0.717, 1.165) is 16.8 Å². The summed E-state index contributed by atoms with van der Waals surface area (Å²) in [6.07, 6.45) is 3.95. The van der Waals surface area contributed by atoms with Crippen molar-refractivity contribution in [3.63, 3.8) is 0 Å². The number of ether oxygens (including phenoxy) is 1. The normalized spacial score (nSPS) is 25.0. The highest BCUT2D eigenvalue weighted by atomic mass is 16.5. The standard InChI is InChI=1S/C32H30N2O4/c1-31(2,3)29(36)27-26(28(35)19-10-6-5-7-11-19)32(22-12-8-9-13-23(22)33-30(32)37)25-17-14-20-18-21(38-4)15-16-24(20)34(25)27/h5-18,25-27H,1-4H3,(H,33,37)/t25-,26-,27-,32+/m1/s1. The highest BCUT2D eigenvalue weighted by Crippen LogP contribution is 2.58. The van der Waals surface area contributed by atoms with Gasteiger partial charge in [-0.05, 0) is 29.8 Å². The number of methoxy groups -OCH3 is 1. The first-order valence-electron chi connectivity index (χ1n) is 12.9. The van der Waals surface area contributed by atoms with Crippen molar-refractivity contribution in [1.29, 1.82) is 0 Å². The Kier molecular flexibility index (Phi) is 5.35. The fourth-order valence-electron chi connectivity index (χ4n) is 6.51. The van der Waals surface area contributed by atoms with Gasteiger partial charge in [-0.1, -0.05) is 81.5 Å². The lowest BCUT2D eigenvalue weighted by atomic mass is 9.63. The van der Waals surface area contributed by atoms with Gasteiger partial charge in [0, 0.05) is 27.9 Å². The Balaban J connectivity index is 1.68. The minimum absolute atomic E-state index is 0.0806. The van der Waals surface area contributed by atoms with E-state index in [0.29, 0.717) is 17.0 Å². The van der Waals surface area contributed by atoms with Crippen molar-refractivity contribution in [2.45, 2.75) is 38.3 Å². The van der Waals surface area contributed by atoms with E-state index in [1.54, 1.807) is 19.2 Å². The van der Waals surface area contributed by atoms with E-state index in [1.165, 1.54) is 0 Å². The van der Waals surface area contributed by atoms with Crippen LogP contribution in [0.4, 0.5) is 11.4 Å². The molecule has 4 atom stereocenters. The van der Waals surface area contributed by atoms with Gasteiger partial charge >= 0.3 is 0 Å². The molecule has 6 heteroatoms. The lowest BCUT2D eigenvalue weighted by molar-refractivity contribution is -0.128. The molecule has 1 fully saturated rings. The first-order chi connectivity index (χ1) is 18.2. The molecule has 0 unspecified atom stereocenters. The van der Waals surface area contributed by atoms with Crippen molar-refractivity contribution in [2.75, 3.05) is 17.3 Å². The zero-order valence-electron chi connectivity index (χ0n) is 21.9. The molecule has 0 radical (unpaired) electrons. The van der Waals surface area contributed by atoms with Crippen LogP contribution in [-0.2, 0) is 15.0 Å². The number of carbonyl (C=O) groups is 3. The zero-order chi connectivity index (χ0) is 26.8. The third-order valence-electron chi connectivity index (χ3n) is 8.19. The van der Waals surface area contributed by atoms with Gasteiger partial charge in [-0.3, -0.25) is 14.4 Å². The maximum absolute atomic E-state index is 14.6. The fraction of sp³-hybridized carbons (Fsp3) is 0.281. The van der Waals surface area contributed by atoms with Gasteiger partial charge in [-0.2, -0.15) is 0 Å². The molecule has 38 heavy (non-hydrogen) atoms. The number of hydrogen-bond donors (Lipinski definition) is 1. The van der Waals surface area contributed by atoms with E-state index in [4.69, 9.17) is 4.74 Å². The van der Waals surface area contributed by atoms with Gasteiger partial charge < -0.3 is 15.0 Å². The molecule has 0 aliphatic carbocycles. The summed E-state index contributed by atoms with van der Waals surface area (Å²) in [5, 5.41) is 3.06. The predicted molar refractivity (Wildman–Crippen MR) is 148 cm³/mol. The number of benzene rings is 3. The molecule has 3 aliphatic rings. The van der Waals surface area contributed by atoms with Crippen LogP contribution in [0.5, 0.6) is 5.75 Å². The minimum Gasteiger partial charge on any atom is -0.497 e. The smallest absolute Gasteiger partial charge is 0.238 e. The van der Waals surface area contributed by atoms with Crippen LogP contribution in [0.15, 0.2) is 78.9 Å². The Labute approximate surface area is 222 Å². The minimum atomic E-state index is -1.29. The summed E-state index contributed by atoms with van der Waals surface area (Å²) in [6, 6.07) is 20.8. The maximum Gasteiger partial charge on any atom is 0.238 e. The summed E-state index contributed by atoms with van der Waals surface area (Å²) in [4.78, 5) is 45.2. The summed E-state index contributed by atoms with van der Waals surface area (Å²) in [5.74, 6) is -0.794. The third-order valence-corrected chi connectivity index (χ3v) is 8.19. The predicted octanol–water partition coefficient (Wildman–Crippen LogP) is 5.28. The van der Waals surface area contributed by atoms with Crippen molar-refractivity contribution in [3.05, 3.63) is 95.6 Å². The Bertz CT molecular complexity index is 1500. The number of hydrogen-bond acceptors (Lipinski definition) is 5. The monoisotopic (exact) mass is 506 g/mol. The number of fused-ring (bicyclic) bond motifs is 6. The Morgan fingerprint density at radius 1 is 0.974 bits per heavy atom. The van der Waals surface area contributed by atoms with E-state index in [1.807, 2.05) is 98.5 Å². The topological polar surface area (TPSA) is 75.7 Å². The largest absolute Gasteiger partial charge is 0.497 e. The summed E-state index contributed by atoms with van der Waals surface area (Å²) < 4.78 is 5.46. The Hall–Kier alpha value is -4.19. The van der Waals surface area contributed by atoms with Gasteiger partial charge in [-0.25, -0.2) is 0 Å². The van der Waals surface area contributed by atoms with Crippen molar-refractivity contribution in [2.24, 2.45) is 11.3 Å². The van der Waals surface area contributed by atoms with Crippen molar-refractivity contribution < 1.29 is 19.1 Å². The number of nitrogens with one attached hydrogen (secondary N) is 1. The molecule has 0 saturated carbocycles. The number of para-hydroxylation sites is 1. The van der Waals surface area contributed by atoms with E-state index in [2.05, 4.69) is 5.32 Å².